The summed E-state index contributed by atoms with van der Waals surface area (Å²) in [6, 6.07) is -0.383. The summed E-state index contributed by atoms with van der Waals surface area (Å²) in [6.45, 7) is 0. The SMILES string of the molecule is NC(=O)N1C=CSC1. The molecule has 0 fully saturated rings. The van der Waals surface area contributed by atoms with Crippen LogP contribution in [0.2, 0.25) is 0 Å². The highest BCUT2D eigenvalue weighted by Gasteiger charge is 2.07. The van der Waals surface area contributed by atoms with E-state index in [2.05, 4.69) is 0 Å². The molecular formula is C4H6N2OS. The maximum atomic E-state index is 10.3. The van der Waals surface area contributed by atoms with Gasteiger partial charge in [-0.25, -0.2) is 4.79 Å². The van der Waals surface area contributed by atoms with Crippen LogP contribution in [0.1, 0.15) is 0 Å². The van der Waals surface area contributed by atoms with Gasteiger partial charge in [0.2, 0.25) is 0 Å². The van der Waals surface area contributed by atoms with E-state index in [0.717, 1.165) is 0 Å². The molecule has 0 aromatic carbocycles. The second kappa shape index (κ2) is 2.09. The van der Waals surface area contributed by atoms with Crippen molar-refractivity contribution in [3.05, 3.63) is 11.6 Å². The van der Waals surface area contributed by atoms with Crippen molar-refractivity contribution in [2.45, 2.75) is 0 Å². The van der Waals surface area contributed by atoms with Gasteiger partial charge in [-0.1, -0.05) is 0 Å². The summed E-state index contributed by atoms with van der Waals surface area (Å²) in [7, 11) is 0. The lowest BCUT2D eigenvalue weighted by Crippen LogP contribution is -2.28. The molecule has 3 nitrogen and oxygen atoms in total. The van der Waals surface area contributed by atoms with Crippen LogP contribution < -0.4 is 5.73 Å². The van der Waals surface area contributed by atoms with Gasteiger partial charge in [-0.15, -0.1) is 11.8 Å². The molecule has 0 spiro atoms. The van der Waals surface area contributed by atoms with Gasteiger partial charge in [-0.3, -0.25) is 4.90 Å². The van der Waals surface area contributed by atoms with Gasteiger partial charge < -0.3 is 5.73 Å². The molecule has 1 aliphatic rings. The number of nitrogens with zero attached hydrogens (tertiary/aromatic N) is 1. The minimum atomic E-state index is -0.383. The molecule has 0 aliphatic carbocycles. The first-order chi connectivity index (χ1) is 3.80. The van der Waals surface area contributed by atoms with Crippen LogP contribution in [0.4, 0.5) is 4.79 Å². The Hall–Kier alpha value is -0.640. The van der Waals surface area contributed by atoms with E-state index in [9.17, 15) is 4.79 Å². The van der Waals surface area contributed by atoms with Crippen molar-refractivity contribution in [2.75, 3.05) is 5.88 Å². The van der Waals surface area contributed by atoms with Crippen molar-refractivity contribution in [1.82, 2.24) is 4.90 Å². The Morgan fingerprint density at radius 2 is 2.62 bits per heavy atom. The van der Waals surface area contributed by atoms with Crippen molar-refractivity contribution < 1.29 is 4.79 Å². The van der Waals surface area contributed by atoms with Crippen LogP contribution in [-0.2, 0) is 0 Å². The van der Waals surface area contributed by atoms with Crippen LogP contribution in [-0.4, -0.2) is 16.8 Å². The summed E-state index contributed by atoms with van der Waals surface area (Å²) in [5.41, 5.74) is 4.92. The number of rotatable bonds is 0. The van der Waals surface area contributed by atoms with Crippen LogP contribution in [0.5, 0.6) is 0 Å². The highest BCUT2D eigenvalue weighted by Crippen LogP contribution is 2.13. The van der Waals surface area contributed by atoms with Crippen LogP contribution >= 0.6 is 11.8 Å². The first kappa shape index (κ1) is 5.50. The van der Waals surface area contributed by atoms with E-state index < -0.39 is 0 Å². The van der Waals surface area contributed by atoms with E-state index in [0.29, 0.717) is 5.88 Å². The average molecular weight is 130 g/mol. The third-order valence-corrected chi connectivity index (χ3v) is 1.58. The number of amides is 2. The predicted molar refractivity (Wildman–Crippen MR) is 33.0 cm³/mol. The monoisotopic (exact) mass is 130 g/mol. The van der Waals surface area contributed by atoms with E-state index in [1.54, 1.807) is 18.0 Å². The Labute approximate surface area is 51.5 Å². The standard InChI is InChI=1S/C4H6N2OS/c5-4(7)6-1-2-8-3-6/h1-2H,3H2,(H2,5,7). The Morgan fingerprint density at radius 1 is 1.88 bits per heavy atom. The van der Waals surface area contributed by atoms with Crippen LogP contribution in [0.15, 0.2) is 11.6 Å². The second-order valence-corrected chi connectivity index (χ2v) is 2.25. The summed E-state index contributed by atoms with van der Waals surface area (Å²) < 4.78 is 0. The molecule has 4 heteroatoms. The molecule has 1 aliphatic heterocycles. The van der Waals surface area contributed by atoms with Gasteiger partial charge in [0.25, 0.3) is 0 Å². The lowest BCUT2D eigenvalue weighted by molar-refractivity contribution is 0.230. The molecule has 2 amide bonds. The fourth-order valence-electron chi connectivity index (χ4n) is 0.420. The first-order valence-corrected chi connectivity index (χ1v) is 3.20. The number of carbonyl (C=O) groups excluding carboxylic acids is 1. The molecule has 0 unspecified atom stereocenters. The van der Waals surface area contributed by atoms with Gasteiger partial charge in [-0.2, -0.15) is 0 Å². The highest BCUT2D eigenvalue weighted by molar-refractivity contribution is 8.02. The fourth-order valence-corrected chi connectivity index (χ4v) is 1.11. The van der Waals surface area contributed by atoms with Crippen LogP contribution in [0.3, 0.4) is 0 Å². The Balaban J connectivity index is 2.48. The molecule has 0 radical (unpaired) electrons. The topological polar surface area (TPSA) is 46.3 Å². The van der Waals surface area contributed by atoms with Gasteiger partial charge in [0.15, 0.2) is 0 Å². The highest BCUT2D eigenvalue weighted by atomic mass is 32.2. The van der Waals surface area contributed by atoms with E-state index in [4.69, 9.17) is 5.73 Å². The molecule has 0 saturated carbocycles. The fraction of sp³-hybridized carbons (Fsp3) is 0.250. The molecule has 1 rings (SSSR count). The molecule has 8 heavy (non-hydrogen) atoms. The van der Waals surface area contributed by atoms with Gasteiger partial charge in [-0.05, 0) is 5.41 Å². The van der Waals surface area contributed by atoms with E-state index in [-0.39, 0.29) is 6.03 Å². The van der Waals surface area contributed by atoms with Crippen LogP contribution in [0.25, 0.3) is 0 Å². The van der Waals surface area contributed by atoms with Gasteiger partial charge >= 0.3 is 6.03 Å². The van der Waals surface area contributed by atoms with E-state index >= 15 is 0 Å². The zero-order valence-corrected chi connectivity index (χ0v) is 5.02. The third kappa shape index (κ3) is 0.949. The number of hydrogen-bond donors (Lipinski definition) is 1. The minimum absolute atomic E-state index is 0.383. The zero-order chi connectivity index (χ0) is 5.98. The number of nitrogens with two attached hydrogens (primary N) is 1. The van der Waals surface area contributed by atoms with Crippen molar-refractivity contribution in [3.8, 4) is 0 Å². The normalized spacial score (nSPS) is 17.2. The van der Waals surface area contributed by atoms with Gasteiger partial charge in [0, 0.05) is 6.20 Å². The van der Waals surface area contributed by atoms with Crippen molar-refractivity contribution in [2.24, 2.45) is 5.73 Å². The first-order valence-electron chi connectivity index (χ1n) is 2.15. The summed E-state index contributed by atoms with van der Waals surface area (Å²) in [5, 5.41) is 1.84. The van der Waals surface area contributed by atoms with E-state index in [1.807, 2.05) is 5.41 Å². The Kier molecular flexibility index (Phi) is 1.43. The number of carbonyl (C=O) groups is 1. The molecule has 0 aromatic heterocycles. The smallest absolute Gasteiger partial charge is 0.319 e. The minimum Gasteiger partial charge on any atom is -0.351 e. The second-order valence-electron chi connectivity index (χ2n) is 1.39. The lowest BCUT2D eigenvalue weighted by Gasteiger charge is -2.05. The quantitative estimate of drug-likeness (QED) is 0.520. The summed E-state index contributed by atoms with van der Waals surface area (Å²) in [4.78, 5) is 11.7. The molecule has 44 valence electrons. The van der Waals surface area contributed by atoms with Gasteiger partial charge in [0.05, 0.1) is 5.88 Å². The summed E-state index contributed by atoms with van der Waals surface area (Å²) in [5.74, 6) is 0.662. The number of hydrogen-bond acceptors (Lipinski definition) is 2. The maximum Gasteiger partial charge on any atom is 0.319 e. The Morgan fingerprint density at radius 3 is 2.88 bits per heavy atom. The van der Waals surface area contributed by atoms with Crippen molar-refractivity contribution in [1.29, 1.82) is 0 Å². The maximum absolute atomic E-state index is 10.3. The number of thioether (sulfide) groups is 1. The largest absolute Gasteiger partial charge is 0.351 e. The molecule has 1 heterocycles. The molecule has 0 saturated heterocycles. The summed E-state index contributed by atoms with van der Waals surface area (Å²) >= 11 is 1.56. The van der Waals surface area contributed by atoms with Crippen molar-refractivity contribution in [3.63, 3.8) is 0 Å². The lowest BCUT2D eigenvalue weighted by atomic mass is 10.8. The third-order valence-electron chi connectivity index (χ3n) is 0.834. The van der Waals surface area contributed by atoms with E-state index in [1.165, 1.54) is 4.90 Å². The van der Waals surface area contributed by atoms with Crippen LogP contribution in [0, 0.1) is 0 Å². The summed E-state index contributed by atoms with van der Waals surface area (Å²) in [6.07, 6.45) is 1.67. The number of urea groups is 1. The molecule has 0 bridgehead atoms. The molecular weight excluding hydrogens is 124 g/mol. The molecule has 2 N–H and O–H groups in total. The molecule has 0 aromatic rings. The van der Waals surface area contributed by atoms with Gasteiger partial charge in [0.1, 0.15) is 0 Å². The zero-order valence-electron chi connectivity index (χ0n) is 4.20. The Bertz CT molecular complexity index is 134. The molecule has 0 atom stereocenters. The van der Waals surface area contributed by atoms with Crippen molar-refractivity contribution >= 4 is 17.8 Å². The predicted octanol–water partition coefficient (Wildman–Crippen LogP) is 0.543. The average Bonchev–Trinajstić information content (AvgIpc) is 2.12. The number of primary amides is 1.